The van der Waals surface area contributed by atoms with Crippen LogP contribution >= 0.6 is 47.9 Å². The van der Waals surface area contributed by atoms with Gasteiger partial charge in [0.1, 0.15) is 11.6 Å². The van der Waals surface area contributed by atoms with Gasteiger partial charge in [-0.05, 0) is 55.2 Å². The predicted octanol–water partition coefficient (Wildman–Crippen LogP) is 7.00. The fourth-order valence-electron chi connectivity index (χ4n) is 4.52. The van der Waals surface area contributed by atoms with Crippen LogP contribution in [0.4, 0.5) is 5.69 Å². The maximum atomic E-state index is 5.29. The number of para-hydroxylation sites is 1. The number of aryl methyl sites for hydroxylation is 2. The van der Waals surface area contributed by atoms with Gasteiger partial charge >= 0.3 is 0 Å². The van der Waals surface area contributed by atoms with E-state index in [4.69, 9.17) is 9.73 Å². The molecule has 2 aromatic carbocycles. The van der Waals surface area contributed by atoms with Crippen LogP contribution < -0.4 is 10.1 Å². The number of hydrogen-bond donors (Lipinski definition) is 1. The third kappa shape index (κ3) is 6.55. The summed E-state index contributed by atoms with van der Waals surface area (Å²) in [4.78, 5) is 10.5. The molecular formula is C27H33Cl2N3OS2. The van der Waals surface area contributed by atoms with Gasteiger partial charge in [-0.1, -0.05) is 49.4 Å². The highest BCUT2D eigenvalue weighted by Gasteiger charge is 2.28. The second-order valence-electron chi connectivity index (χ2n) is 8.65. The molecule has 188 valence electrons. The van der Waals surface area contributed by atoms with E-state index in [2.05, 4.69) is 71.7 Å². The Balaban J connectivity index is 0.00000171. The molecule has 5 rings (SSSR count). The number of benzene rings is 2. The average Bonchev–Trinajstić information content (AvgIpc) is 3.17. The Morgan fingerprint density at radius 3 is 2.66 bits per heavy atom. The molecule has 0 radical (unpaired) electrons. The number of hydrogen-bond acceptors (Lipinski definition) is 6. The topological polar surface area (TPSA) is 36.9 Å². The Kier molecular flexibility index (Phi) is 10.4. The summed E-state index contributed by atoms with van der Waals surface area (Å²) >= 11 is 3.83. The van der Waals surface area contributed by atoms with Gasteiger partial charge < -0.3 is 15.0 Å². The molecule has 0 saturated carbocycles. The van der Waals surface area contributed by atoms with Gasteiger partial charge in [0.05, 0.1) is 17.0 Å². The van der Waals surface area contributed by atoms with E-state index in [1.807, 2.05) is 23.1 Å². The van der Waals surface area contributed by atoms with Crippen LogP contribution in [0.2, 0.25) is 0 Å². The molecule has 0 spiro atoms. The number of nitrogens with zero attached hydrogens (tertiary/aromatic N) is 2. The molecule has 8 heteroatoms. The molecule has 1 N–H and O–H groups in total. The molecule has 1 fully saturated rings. The van der Waals surface area contributed by atoms with E-state index in [1.165, 1.54) is 31.5 Å². The minimum Gasteiger partial charge on any atom is -0.497 e. The zero-order valence-corrected chi connectivity index (χ0v) is 23.4. The van der Waals surface area contributed by atoms with Crippen molar-refractivity contribution in [2.45, 2.75) is 47.8 Å². The Bertz CT molecular complexity index is 1130. The molecule has 1 atom stereocenters. The second-order valence-corrected chi connectivity index (χ2v) is 11.1. The van der Waals surface area contributed by atoms with E-state index in [9.17, 15) is 0 Å². The molecule has 0 amide bonds. The Labute approximate surface area is 229 Å². The molecule has 0 bridgehead atoms. The zero-order valence-electron chi connectivity index (χ0n) is 20.2. The van der Waals surface area contributed by atoms with Gasteiger partial charge in [0.25, 0.3) is 0 Å². The second kappa shape index (κ2) is 13.0. The van der Waals surface area contributed by atoms with Crippen molar-refractivity contribution in [1.82, 2.24) is 10.2 Å². The van der Waals surface area contributed by atoms with Gasteiger partial charge in [0.15, 0.2) is 0 Å². The van der Waals surface area contributed by atoms with E-state index in [0.29, 0.717) is 6.04 Å². The van der Waals surface area contributed by atoms with E-state index in [1.54, 1.807) is 7.11 Å². The Morgan fingerprint density at radius 2 is 1.89 bits per heavy atom. The van der Waals surface area contributed by atoms with E-state index in [0.717, 1.165) is 56.2 Å². The standard InChI is InChI=1S/C27H31N3OS2.2ClH/c1-3-6-22-17-23-26(29-24-7-4-5-8-25(24)33-27(23)32-22)30-16-15-28-20(18-30)12-9-19-10-13-21(31-2)14-11-19;;/h4-5,7-8,10-11,13-14,17,20,28H,3,6,9,12,15-16,18H2,1-2H3;2*1H/t20-;;/m0../s1. The van der Waals surface area contributed by atoms with Crippen molar-refractivity contribution in [2.75, 3.05) is 26.7 Å². The Hall–Kier alpha value is -1.70. The summed E-state index contributed by atoms with van der Waals surface area (Å²) in [7, 11) is 1.72. The van der Waals surface area contributed by atoms with E-state index in [-0.39, 0.29) is 24.8 Å². The quantitative estimate of drug-likeness (QED) is 0.359. The summed E-state index contributed by atoms with van der Waals surface area (Å²) in [6.45, 7) is 5.22. The van der Waals surface area contributed by atoms with Crippen molar-refractivity contribution in [3.8, 4) is 5.75 Å². The van der Waals surface area contributed by atoms with Crippen LogP contribution in [0.25, 0.3) is 0 Å². The molecule has 35 heavy (non-hydrogen) atoms. The normalized spacial score (nSPS) is 16.7. The first-order valence-corrected chi connectivity index (χ1v) is 13.5. The van der Waals surface area contributed by atoms with Crippen LogP contribution in [0.3, 0.4) is 0 Å². The van der Waals surface area contributed by atoms with Crippen molar-refractivity contribution in [2.24, 2.45) is 4.99 Å². The summed E-state index contributed by atoms with van der Waals surface area (Å²) in [5, 5.41) is 3.74. The van der Waals surface area contributed by atoms with Crippen molar-refractivity contribution in [3.05, 3.63) is 70.6 Å². The van der Waals surface area contributed by atoms with Gasteiger partial charge in [-0.2, -0.15) is 0 Å². The monoisotopic (exact) mass is 549 g/mol. The summed E-state index contributed by atoms with van der Waals surface area (Å²) < 4.78 is 6.68. The number of methoxy groups -OCH3 is 1. The first-order chi connectivity index (χ1) is 16.2. The van der Waals surface area contributed by atoms with Crippen LogP contribution in [-0.2, 0) is 12.8 Å². The zero-order chi connectivity index (χ0) is 22.6. The maximum absolute atomic E-state index is 5.29. The number of nitrogens with one attached hydrogen (secondary N) is 1. The third-order valence-electron chi connectivity index (χ3n) is 6.28. The molecule has 1 aromatic heterocycles. The van der Waals surface area contributed by atoms with Crippen LogP contribution in [0.1, 0.15) is 35.8 Å². The highest BCUT2D eigenvalue weighted by atomic mass is 35.5. The van der Waals surface area contributed by atoms with E-state index >= 15 is 0 Å². The Morgan fingerprint density at radius 1 is 1.09 bits per heavy atom. The summed E-state index contributed by atoms with van der Waals surface area (Å²) in [6.07, 6.45) is 4.48. The van der Waals surface area contributed by atoms with Gasteiger partial charge in [-0.25, -0.2) is 4.99 Å². The SMILES string of the molecule is CCCc1cc2c(s1)Sc1ccccc1N=C2N1CCN[C@@H](CCc2ccc(OC)cc2)C1.Cl.Cl. The number of aliphatic imine (C=N–C) groups is 1. The number of ether oxygens (including phenoxy) is 1. The summed E-state index contributed by atoms with van der Waals surface area (Å²) in [5.74, 6) is 2.07. The number of amidine groups is 1. The maximum Gasteiger partial charge on any atom is 0.138 e. The molecule has 3 heterocycles. The van der Waals surface area contributed by atoms with Crippen LogP contribution in [0.5, 0.6) is 5.75 Å². The van der Waals surface area contributed by atoms with Crippen molar-refractivity contribution < 1.29 is 4.74 Å². The fourth-order valence-corrected chi connectivity index (χ4v) is 7.08. The smallest absolute Gasteiger partial charge is 0.138 e. The molecule has 3 aromatic rings. The molecule has 1 saturated heterocycles. The minimum atomic E-state index is 0. The molecule has 0 unspecified atom stereocenters. The third-order valence-corrected chi connectivity index (χ3v) is 8.74. The largest absolute Gasteiger partial charge is 0.497 e. The molecule has 2 aliphatic heterocycles. The molecule has 2 aliphatic rings. The van der Waals surface area contributed by atoms with Crippen molar-refractivity contribution in [3.63, 3.8) is 0 Å². The van der Waals surface area contributed by atoms with Crippen molar-refractivity contribution in [1.29, 1.82) is 0 Å². The number of piperazine rings is 1. The minimum absolute atomic E-state index is 0. The number of fused-ring (bicyclic) bond motifs is 2. The number of halogens is 2. The van der Waals surface area contributed by atoms with Crippen molar-refractivity contribution >= 4 is 59.4 Å². The summed E-state index contributed by atoms with van der Waals surface area (Å²) in [6, 6.07) is 19.9. The molecule has 0 aliphatic carbocycles. The van der Waals surface area contributed by atoms with Crippen LogP contribution in [0, 0.1) is 0 Å². The van der Waals surface area contributed by atoms with Gasteiger partial charge in [-0.15, -0.1) is 36.2 Å². The number of thiophene rings is 1. The molecule has 4 nitrogen and oxygen atoms in total. The average molecular weight is 551 g/mol. The predicted molar refractivity (Wildman–Crippen MR) is 154 cm³/mol. The van der Waals surface area contributed by atoms with Crippen LogP contribution in [0.15, 0.2) is 68.7 Å². The van der Waals surface area contributed by atoms with E-state index < -0.39 is 0 Å². The first-order valence-electron chi connectivity index (χ1n) is 11.8. The van der Waals surface area contributed by atoms with Gasteiger partial charge in [-0.3, -0.25) is 0 Å². The van der Waals surface area contributed by atoms with Crippen LogP contribution in [-0.4, -0.2) is 43.5 Å². The summed E-state index contributed by atoms with van der Waals surface area (Å²) in [5.41, 5.74) is 3.77. The fraction of sp³-hybridized carbons (Fsp3) is 0.370. The first kappa shape index (κ1) is 27.9. The lowest BCUT2D eigenvalue weighted by molar-refractivity contribution is 0.282. The highest BCUT2D eigenvalue weighted by molar-refractivity contribution is 8.01. The lowest BCUT2D eigenvalue weighted by atomic mass is 10.0. The van der Waals surface area contributed by atoms with Gasteiger partial charge in [0.2, 0.25) is 0 Å². The molecular weight excluding hydrogens is 517 g/mol. The lowest BCUT2D eigenvalue weighted by Crippen LogP contribution is -2.52. The highest BCUT2D eigenvalue weighted by Crippen LogP contribution is 2.44. The lowest BCUT2D eigenvalue weighted by Gasteiger charge is -2.36. The number of rotatable bonds is 6. The van der Waals surface area contributed by atoms with Gasteiger partial charge in [0, 0.05) is 41.0 Å².